The molecule has 1 aliphatic rings. The summed E-state index contributed by atoms with van der Waals surface area (Å²) in [5.74, 6) is 1.08. The highest BCUT2D eigenvalue weighted by Crippen LogP contribution is 2.33. The first-order valence-corrected chi connectivity index (χ1v) is 11.0. The molecule has 3 aromatic rings. The Kier molecular flexibility index (Phi) is 5.85. The minimum Gasteiger partial charge on any atom is -0.497 e. The van der Waals surface area contributed by atoms with Crippen LogP contribution in [0.25, 0.3) is 10.9 Å². The second-order valence-corrected chi connectivity index (χ2v) is 8.64. The molecule has 30 heavy (non-hydrogen) atoms. The van der Waals surface area contributed by atoms with Gasteiger partial charge in [-0.25, -0.2) is 0 Å². The van der Waals surface area contributed by atoms with Crippen LogP contribution in [-0.4, -0.2) is 29.4 Å². The molecule has 0 aliphatic carbocycles. The second-order valence-electron chi connectivity index (χ2n) is 8.64. The minimum atomic E-state index is 0.139. The largest absolute Gasteiger partial charge is 0.497 e. The third-order valence-corrected chi connectivity index (χ3v) is 6.47. The fourth-order valence-corrected chi connectivity index (χ4v) is 4.90. The van der Waals surface area contributed by atoms with Crippen LogP contribution in [0.3, 0.4) is 0 Å². The molecule has 158 valence electrons. The second kappa shape index (κ2) is 8.55. The van der Waals surface area contributed by atoms with E-state index in [1.54, 1.807) is 7.11 Å². The standard InChI is InChI=1S/C26H32N2O2/c1-17-14-18(2)26-23(15-17)22(19(3)27-26)16-25(29)28-13-7-5-6-8-24(28)20-9-11-21(30-4)12-10-20/h9-12,14-15,24,27H,5-8,13,16H2,1-4H3/t24-/m1/s1. The van der Waals surface area contributed by atoms with E-state index in [1.807, 2.05) is 12.1 Å². The molecule has 0 unspecified atom stereocenters. The molecule has 4 rings (SSSR count). The number of methoxy groups -OCH3 is 1. The van der Waals surface area contributed by atoms with Crippen molar-refractivity contribution in [2.24, 2.45) is 0 Å². The van der Waals surface area contributed by atoms with E-state index in [9.17, 15) is 4.79 Å². The number of H-pyrrole nitrogens is 1. The summed E-state index contributed by atoms with van der Waals surface area (Å²) in [6.07, 6.45) is 4.87. The minimum absolute atomic E-state index is 0.139. The lowest BCUT2D eigenvalue weighted by atomic mass is 9.99. The number of hydrogen-bond acceptors (Lipinski definition) is 2. The molecule has 0 spiro atoms. The Morgan fingerprint density at radius 3 is 2.60 bits per heavy atom. The van der Waals surface area contributed by atoms with Gasteiger partial charge in [0, 0.05) is 23.1 Å². The lowest BCUT2D eigenvalue weighted by Gasteiger charge is -2.31. The van der Waals surface area contributed by atoms with Crippen molar-refractivity contribution in [2.75, 3.05) is 13.7 Å². The van der Waals surface area contributed by atoms with E-state index in [0.29, 0.717) is 6.42 Å². The fraction of sp³-hybridized carbons (Fsp3) is 0.423. The molecule has 4 nitrogen and oxygen atoms in total. The number of nitrogens with one attached hydrogen (secondary N) is 1. The Balaban J connectivity index is 1.65. The number of fused-ring (bicyclic) bond motifs is 1. The maximum atomic E-state index is 13.6. The van der Waals surface area contributed by atoms with Gasteiger partial charge in [-0.1, -0.05) is 36.6 Å². The van der Waals surface area contributed by atoms with E-state index in [-0.39, 0.29) is 11.9 Å². The van der Waals surface area contributed by atoms with Gasteiger partial charge < -0.3 is 14.6 Å². The molecule has 1 fully saturated rings. The van der Waals surface area contributed by atoms with Crippen molar-refractivity contribution in [3.63, 3.8) is 0 Å². The molecule has 1 aliphatic heterocycles. The van der Waals surface area contributed by atoms with E-state index in [0.717, 1.165) is 48.3 Å². The number of hydrogen-bond donors (Lipinski definition) is 1. The Hall–Kier alpha value is -2.75. The molecule has 1 amide bonds. The monoisotopic (exact) mass is 404 g/mol. The molecule has 1 atom stereocenters. The zero-order valence-electron chi connectivity index (χ0n) is 18.5. The lowest BCUT2D eigenvalue weighted by molar-refractivity contribution is -0.132. The SMILES string of the molecule is COc1ccc([C@H]2CCCCCN2C(=O)Cc2c(C)[nH]c3c(C)cc(C)cc23)cc1. The maximum Gasteiger partial charge on any atom is 0.227 e. The zero-order chi connectivity index (χ0) is 21.3. The van der Waals surface area contributed by atoms with Crippen molar-refractivity contribution < 1.29 is 9.53 Å². The fourth-order valence-electron chi connectivity index (χ4n) is 4.90. The summed E-state index contributed by atoms with van der Waals surface area (Å²) in [7, 11) is 1.68. The highest BCUT2D eigenvalue weighted by molar-refractivity contribution is 5.92. The molecule has 0 saturated carbocycles. The van der Waals surface area contributed by atoms with E-state index >= 15 is 0 Å². The highest BCUT2D eigenvalue weighted by atomic mass is 16.5. The van der Waals surface area contributed by atoms with Crippen LogP contribution in [0.4, 0.5) is 0 Å². The van der Waals surface area contributed by atoms with Gasteiger partial charge in [0.1, 0.15) is 5.75 Å². The molecule has 1 aromatic heterocycles. The number of nitrogens with zero attached hydrogens (tertiary/aromatic N) is 1. The van der Waals surface area contributed by atoms with Crippen molar-refractivity contribution in [1.29, 1.82) is 0 Å². The van der Waals surface area contributed by atoms with Crippen molar-refractivity contribution in [2.45, 2.75) is 58.9 Å². The van der Waals surface area contributed by atoms with Gasteiger partial charge in [-0.3, -0.25) is 4.79 Å². The average Bonchev–Trinajstić information content (AvgIpc) is 2.91. The van der Waals surface area contributed by atoms with Crippen LogP contribution in [0.5, 0.6) is 5.75 Å². The maximum absolute atomic E-state index is 13.6. The lowest BCUT2D eigenvalue weighted by Crippen LogP contribution is -2.36. The summed E-state index contributed by atoms with van der Waals surface area (Å²) in [6, 6.07) is 12.8. The van der Waals surface area contributed by atoms with Crippen LogP contribution in [0, 0.1) is 20.8 Å². The third-order valence-electron chi connectivity index (χ3n) is 6.47. The summed E-state index contributed by atoms with van der Waals surface area (Å²) < 4.78 is 5.31. The molecule has 2 aromatic carbocycles. The molecule has 0 radical (unpaired) electrons. The van der Waals surface area contributed by atoms with Gasteiger partial charge >= 0.3 is 0 Å². The van der Waals surface area contributed by atoms with Crippen molar-refractivity contribution in [3.8, 4) is 5.75 Å². The molecule has 4 heteroatoms. The summed E-state index contributed by atoms with van der Waals surface area (Å²) in [4.78, 5) is 19.2. The first kappa shape index (κ1) is 20.5. The number of carbonyl (C=O) groups is 1. The highest BCUT2D eigenvalue weighted by Gasteiger charge is 2.28. The van der Waals surface area contributed by atoms with Gasteiger partial charge in [-0.05, 0) is 68.5 Å². The quantitative estimate of drug-likeness (QED) is 0.598. The van der Waals surface area contributed by atoms with E-state index in [1.165, 1.54) is 28.5 Å². The number of carbonyl (C=O) groups excluding carboxylic acids is 1. The van der Waals surface area contributed by atoms with Crippen molar-refractivity contribution in [1.82, 2.24) is 9.88 Å². The summed E-state index contributed by atoms with van der Waals surface area (Å²) >= 11 is 0. The Morgan fingerprint density at radius 2 is 1.87 bits per heavy atom. The smallest absolute Gasteiger partial charge is 0.227 e. The molecular formula is C26H32N2O2. The Labute approximate surface area is 179 Å². The summed E-state index contributed by atoms with van der Waals surface area (Å²) in [5.41, 5.74) is 7.07. The molecule has 0 bridgehead atoms. The van der Waals surface area contributed by atoms with Gasteiger partial charge in [-0.2, -0.15) is 0 Å². The number of rotatable bonds is 4. The van der Waals surface area contributed by atoms with Crippen molar-refractivity contribution in [3.05, 3.63) is 64.3 Å². The van der Waals surface area contributed by atoms with Crippen molar-refractivity contribution >= 4 is 16.8 Å². The van der Waals surface area contributed by atoms with Gasteiger partial charge in [-0.15, -0.1) is 0 Å². The van der Waals surface area contributed by atoms with Gasteiger partial charge in [0.05, 0.1) is 19.6 Å². The van der Waals surface area contributed by atoms with Crippen LogP contribution in [0.15, 0.2) is 36.4 Å². The van der Waals surface area contributed by atoms with Crippen LogP contribution in [0.1, 0.15) is 59.7 Å². The van der Waals surface area contributed by atoms with E-state index < -0.39 is 0 Å². The van der Waals surface area contributed by atoms with E-state index in [4.69, 9.17) is 4.74 Å². The number of aromatic amines is 1. The summed E-state index contributed by atoms with van der Waals surface area (Å²) in [6.45, 7) is 7.16. The number of aromatic nitrogens is 1. The van der Waals surface area contributed by atoms with Gasteiger partial charge in [0.25, 0.3) is 0 Å². The molecule has 1 saturated heterocycles. The first-order chi connectivity index (χ1) is 14.5. The van der Waals surface area contributed by atoms with Crippen LogP contribution >= 0.6 is 0 Å². The van der Waals surface area contributed by atoms with Gasteiger partial charge in [0.2, 0.25) is 5.91 Å². The zero-order valence-corrected chi connectivity index (χ0v) is 18.5. The normalized spacial score (nSPS) is 17.2. The number of benzene rings is 2. The third kappa shape index (κ3) is 3.96. The molecule has 2 heterocycles. The Morgan fingerprint density at radius 1 is 1.10 bits per heavy atom. The topological polar surface area (TPSA) is 45.3 Å². The predicted octanol–water partition coefficient (Wildman–Crippen LogP) is 5.79. The predicted molar refractivity (Wildman–Crippen MR) is 122 cm³/mol. The number of ether oxygens (including phenoxy) is 1. The van der Waals surface area contributed by atoms with Gasteiger partial charge in [0.15, 0.2) is 0 Å². The first-order valence-electron chi connectivity index (χ1n) is 11.0. The van der Waals surface area contributed by atoms with Crippen LogP contribution in [-0.2, 0) is 11.2 Å². The molecule has 1 N–H and O–H groups in total. The van der Waals surface area contributed by atoms with Crippen LogP contribution in [0.2, 0.25) is 0 Å². The van der Waals surface area contributed by atoms with E-state index in [2.05, 4.69) is 54.9 Å². The Bertz CT molecular complexity index is 1050. The number of likely N-dealkylation sites (tertiary alicyclic amines) is 1. The average molecular weight is 405 g/mol. The number of aryl methyl sites for hydroxylation is 3. The number of amides is 1. The molecular weight excluding hydrogens is 372 g/mol. The van der Waals surface area contributed by atoms with Crippen LogP contribution < -0.4 is 4.74 Å². The summed E-state index contributed by atoms with van der Waals surface area (Å²) in [5, 5.41) is 1.19.